The summed E-state index contributed by atoms with van der Waals surface area (Å²) in [5, 5.41) is 0. The van der Waals surface area contributed by atoms with Gasteiger partial charge in [-0.05, 0) is 24.1 Å². The minimum Gasteiger partial charge on any atom is -0.497 e. The Hall–Kier alpha value is -2.75. The second-order valence-corrected chi connectivity index (χ2v) is 5.03. The van der Waals surface area contributed by atoms with Crippen molar-refractivity contribution in [1.82, 2.24) is 0 Å². The minimum atomic E-state index is -0.451. The molecule has 0 saturated heterocycles. The highest BCUT2D eigenvalue weighted by Gasteiger charge is 2.18. The fourth-order valence-electron chi connectivity index (χ4n) is 2.21. The standard InChI is InChI=1S/C19H20O4/c1-13-5-7-14(8-6-13)9-10-15-11-16(21-2)12-17(22-3)18(15)19(20)23-4/h5-12H,1-4H3/b10-9+. The molecular formula is C19H20O4. The van der Waals surface area contributed by atoms with E-state index < -0.39 is 5.97 Å². The van der Waals surface area contributed by atoms with E-state index in [1.165, 1.54) is 19.8 Å². The highest BCUT2D eigenvalue weighted by molar-refractivity contribution is 5.98. The van der Waals surface area contributed by atoms with Gasteiger partial charge in [-0.1, -0.05) is 42.0 Å². The van der Waals surface area contributed by atoms with Gasteiger partial charge in [0.1, 0.15) is 17.1 Å². The van der Waals surface area contributed by atoms with Crippen molar-refractivity contribution in [2.24, 2.45) is 0 Å². The molecular weight excluding hydrogens is 292 g/mol. The lowest BCUT2D eigenvalue weighted by atomic mass is 10.0. The fourth-order valence-corrected chi connectivity index (χ4v) is 2.21. The van der Waals surface area contributed by atoms with Crippen LogP contribution in [0.2, 0.25) is 0 Å². The number of hydrogen-bond acceptors (Lipinski definition) is 4. The number of ether oxygens (including phenoxy) is 3. The summed E-state index contributed by atoms with van der Waals surface area (Å²) < 4.78 is 15.4. The molecule has 0 radical (unpaired) electrons. The minimum absolute atomic E-state index is 0.374. The van der Waals surface area contributed by atoms with E-state index in [-0.39, 0.29) is 0 Å². The summed E-state index contributed by atoms with van der Waals surface area (Å²) in [6, 6.07) is 11.5. The third kappa shape index (κ3) is 3.92. The van der Waals surface area contributed by atoms with Crippen molar-refractivity contribution in [3.63, 3.8) is 0 Å². The third-order valence-electron chi connectivity index (χ3n) is 3.48. The van der Waals surface area contributed by atoms with Gasteiger partial charge in [0.2, 0.25) is 0 Å². The topological polar surface area (TPSA) is 44.8 Å². The van der Waals surface area contributed by atoms with Crippen LogP contribution in [0.25, 0.3) is 12.2 Å². The average Bonchev–Trinajstić information content (AvgIpc) is 2.59. The summed E-state index contributed by atoms with van der Waals surface area (Å²) in [6.07, 6.45) is 3.78. The second kappa shape index (κ2) is 7.49. The molecule has 0 amide bonds. The predicted molar refractivity (Wildman–Crippen MR) is 91.0 cm³/mol. The number of rotatable bonds is 5. The van der Waals surface area contributed by atoms with Crippen molar-refractivity contribution >= 4 is 18.1 Å². The normalized spacial score (nSPS) is 10.6. The van der Waals surface area contributed by atoms with Crippen LogP contribution in [0.15, 0.2) is 36.4 Å². The van der Waals surface area contributed by atoms with Crippen molar-refractivity contribution in [3.05, 3.63) is 58.7 Å². The number of esters is 1. The summed E-state index contributed by atoms with van der Waals surface area (Å²) in [5.74, 6) is 0.575. The average molecular weight is 312 g/mol. The molecule has 0 aliphatic heterocycles. The molecule has 0 unspecified atom stereocenters. The second-order valence-electron chi connectivity index (χ2n) is 5.03. The van der Waals surface area contributed by atoms with Crippen LogP contribution in [-0.2, 0) is 4.74 Å². The van der Waals surface area contributed by atoms with Gasteiger partial charge in [-0.25, -0.2) is 4.79 Å². The van der Waals surface area contributed by atoms with E-state index in [9.17, 15) is 4.79 Å². The lowest BCUT2D eigenvalue weighted by Crippen LogP contribution is -2.07. The van der Waals surface area contributed by atoms with Crippen LogP contribution in [0.1, 0.15) is 27.0 Å². The van der Waals surface area contributed by atoms with Crippen LogP contribution < -0.4 is 9.47 Å². The van der Waals surface area contributed by atoms with Gasteiger partial charge in [0, 0.05) is 6.07 Å². The molecule has 0 fully saturated rings. The van der Waals surface area contributed by atoms with Crippen molar-refractivity contribution in [3.8, 4) is 11.5 Å². The van der Waals surface area contributed by atoms with E-state index in [2.05, 4.69) is 0 Å². The van der Waals surface area contributed by atoms with Gasteiger partial charge in [-0.3, -0.25) is 0 Å². The molecule has 4 heteroatoms. The Labute approximate surface area is 136 Å². The summed E-state index contributed by atoms with van der Waals surface area (Å²) in [4.78, 5) is 12.1. The van der Waals surface area contributed by atoms with Crippen molar-refractivity contribution in [2.45, 2.75) is 6.92 Å². The molecule has 2 aromatic carbocycles. The number of methoxy groups -OCH3 is 3. The zero-order valence-electron chi connectivity index (χ0n) is 13.8. The van der Waals surface area contributed by atoms with Crippen molar-refractivity contribution < 1.29 is 19.0 Å². The Morgan fingerprint density at radius 1 is 0.957 bits per heavy atom. The van der Waals surface area contributed by atoms with Crippen molar-refractivity contribution in [2.75, 3.05) is 21.3 Å². The summed E-state index contributed by atoms with van der Waals surface area (Å²) in [7, 11) is 4.42. The molecule has 0 aliphatic carbocycles. The third-order valence-corrected chi connectivity index (χ3v) is 3.48. The SMILES string of the molecule is COC(=O)c1c(/C=C/c2ccc(C)cc2)cc(OC)cc1OC. The highest BCUT2D eigenvalue weighted by atomic mass is 16.5. The summed E-state index contributed by atoms with van der Waals surface area (Å²) in [6.45, 7) is 2.04. The maximum absolute atomic E-state index is 12.1. The van der Waals surface area contributed by atoms with Crippen LogP contribution in [0, 0.1) is 6.92 Å². The predicted octanol–water partition coefficient (Wildman–Crippen LogP) is 3.97. The monoisotopic (exact) mass is 312 g/mol. The van der Waals surface area contributed by atoms with Gasteiger partial charge < -0.3 is 14.2 Å². The summed E-state index contributed by atoms with van der Waals surface area (Å²) >= 11 is 0. The van der Waals surface area contributed by atoms with Crippen LogP contribution in [0.5, 0.6) is 11.5 Å². The summed E-state index contributed by atoms with van der Waals surface area (Å²) in [5.41, 5.74) is 3.28. The van der Waals surface area contributed by atoms with Gasteiger partial charge >= 0.3 is 5.97 Å². The quantitative estimate of drug-likeness (QED) is 0.619. The van der Waals surface area contributed by atoms with Crippen molar-refractivity contribution in [1.29, 1.82) is 0 Å². The molecule has 0 aliphatic rings. The van der Waals surface area contributed by atoms with Crippen LogP contribution in [0.3, 0.4) is 0 Å². The maximum Gasteiger partial charge on any atom is 0.342 e. The molecule has 0 aromatic heterocycles. The molecule has 0 N–H and O–H groups in total. The van der Waals surface area contributed by atoms with Crippen LogP contribution in [0.4, 0.5) is 0 Å². The van der Waals surface area contributed by atoms with E-state index in [0.29, 0.717) is 22.6 Å². The Morgan fingerprint density at radius 2 is 1.65 bits per heavy atom. The van der Waals surface area contributed by atoms with Gasteiger partial charge in [0.15, 0.2) is 0 Å². The number of aryl methyl sites for hydroxylation is 1. The largest absolute Gasteiger partial charge is 0.497 e. The molecule has 0 saturated carbocycles. The lowest BCUT2D eigenvalue weighted by molar-refractivity contribution is 0.0597. The van der Waals surface area contributed by atoms with E-state index >= 15 is 0 Å². The van der Waals surface area contributed by atoms with Gasteiger partial charge in [-0.2, -0.15) is 0 Å². The van der Waals surface area contributed by atoms with E-state index in [1.54, 1.807) is 19.2 Å². The first kappa shape index (κ1) is 16.6. The van der Waals surface area contributed by atoms with E-state index in [0.717, 1.165) is 5.56 Å². The Balaban J connectivity index is 2.49. The molecule has 0 atom stereocenters. The number of carbonyl (C=O) groups is 1. The smallest absolute Gasteiger partial charge is 0.342 e. The zero-order chi connectivity index (χ0) is 16.8. The molecule has 0 heterocycles. The molecule has 4 nitrogen and oxygen atoms in total. The molecule has 2 rings (SSSR count). The molecule has 120 valence electrons. The van der Waals surface area contributed by atoms with Gasteiger partial charge in [-0.15, -0.1) is 0 Å². The van der Waals surface area contributed by atoms with Crippen LogP contribution in [-0.4, -0.2) is 27.3 Å². The first-order valence-corrected chi connectivity index (χ1v) is 7.18. The Bertz CT molecular complexity index is 715. The van der Waals surface area contributed by atoms with E-state index in [1.807, 2.05) is 43.3 Å². The Morgan fingerprint density at radius 3 is 2.22 bits per heavy atom. The lowest BCUT2D eigenvalue weighted by Gasteiger charge is -2.12. The molecule has 23 heavy (non-hydrogen) atoms. The van der Waals surface area contributed by atoms with Crippen LogP contribution >= 0.6 is 0 Å². The Kier molecular flexibility index (Phi) is 5.41. The number of carbonyl (C=O) groups excluding carboxylic acids is 1. The maximum atomic E-state index is 12.1. The molecule has 2 aromatic rings. The van der Waals surface area contributed by atoms with Gasteiger partial charge in [0.05, 0.1) is 21.3 Å². The molecule has 0 spiro atoms. The van der Waals surface area contributed by atoms with E-state index in [4.69, 9.17) is 14.2 Å². The number of benzene rings is 2. The first-order valence-electron chi connectivity index (χ1n) is 7.18. The molecule has 0 bridgehead atoms. The fraction of sp³-hybridized carbons (Fsp3) is 0.211. The zero-order valence-corrected chi connectivity index (χ0v) is 13.8. The first-order chi connectivity index (χ1) is 11.1. The van der Waals surface area contributed by atoms with Gasteiger partial charge in [0.25, 0.3) is 0 Å². The number of hydrogen-bond donors (Lipinski definition) is 0. The highest BCUT2D eigenvalue weighted by Crippen LogP contribution is 2.30.